The zero-order valence-electron chi connectivity index (χ0n) is 10.6. The van der Waals surface area contributed by atoms with Crippen molar-refractivity contribution in [2.45, 2.75) is 11.4 Å². The molecule has 18 heavy (non-hydrogen) atoms. The van der Waals surface area contributed by atoms with Gasteiger partial charge in [0.05, 0.1) is 0 Å². The second-order valence-electron chi connectivity index (χ2n) is 3.93. The molecule has 0 amide bonds. The van der Waals surface area contributed by atoms with Crippen molar-refractivity contribution in [3.8, 4) is 11.5 Å². The Balaban J connectivity index is 2.20. The van der Waals surface area contributed by atoms with E-state index in [4.69, 9.17) is 4.74 Å². The molecule has 0 aliphatic rings. The predicted molar refractivity (Wildman–Crippen MR) is 77.5 cm³/mol. The van der Waals surface area contributed by atoms with Gasteiger partial charge in [-0.2, -0.15) is 0 Å². The fourth-order valence-electron chi connectivity index (χ4n) is 1.75. The third-order valence-electron chi connectivity index (χ3n) is 2.58. The Kier molecular flexibility index (Phi) is 4.67. The first-order valence-electron chi connectivity index (χ1n) is 5.88. The second kappa shape index (κ2) is 6.47. The average molecular weight is 259 g/mol. The fraction of sp³-hybridized carbons (Fsp3) is 0.200. The van der Waals surface area contributed by atoms with Gasteiger partial charge >= 0.3 is 0 Å². The van der Waals surface area contributed by atoms with Crippen molar-refractivity contribution in [3.05, 3.63) is 54.1 Å². The van der Waals surface area contributed by atoms with E-state index in [1.807, 2.05) is 37.4 Å². The molecule has 0 saturated heterocycles. The monoisotopic (exact) mass is 259 g/mol. The molecule has 0 spiro atoms. The standard InChI is InChI=1S/C15H17NOS/c1-16-11-12-6-5-7-13(10-12)17-14-8-3-4-9-15(14)18-2/h3-10,16H,11H2,1-2H3. The molecule has 2 aromatic rings. The van der Waals surface area contributed by atoms with E-state index in [-0.39, 0.29) is 0 Å². The Morgan fingerprint density at radius 1 is 1.11 bits per heavy atom. The highest BCUT2D eigenvalue weighted by molar-refractivity contribution is 7.98. The smallest absolute Gasteiger partial charge is 0.140 e. The number of para-hydroxylation sites is 1. The second-order valence-corrected chi connectivity index (χ2v) is 4.78. The zero-order valence-corrected chi connectivity index (χ0v) is 11.5. The van der Waals surface area contributed by atoms with Crippen LogP contribution in [0.2, 0.25) is 0 Å². The van der Waals surface area contributed by atoms with E-state index in [1.54, 1.807) is 11.8 Å². The van der Waals surface area contributed by atoms with Gasteiger partial charge in [-0.15, -0.1) is 11.8 Å². The van der Waals surface area contributed by atoms with Crippen LogP contribution in [0.3, 0.4) is 0 Å². The summed E-state index contributed by atoms with van der Waals surface area (Å²) in [6.07, 6.45) is 2.06. The highest BCUT2D eigenvalue weighted by Gasteiger charge is 2.03. The van der Waals surface area contributed by atoms with Crippen LogP contribution in [0.15, 0.2) is 53.4 Å². The third-order valence-corrected chi connectivity index (χ3v) is 3.35. The molecular formula is C15H17NOS. The molecule has 0 atom stereocenters. The Labute approximate surface area is 112 Å². The summed E-state index contributed by atoms with van der Waals surface area (Å²) in [6.45, 7) is 0.849. The molecule has 2 nitrogen and oxygen atoms in total. The van der Waals surface area contributed by atoms with Crippen molar-refractivity contribution in [1.82, 2.24) is 5.32 Å². The summed E-state index contributed by atoms with van der Waals surface area (Å²) in [5, 5.41) is 3.14. The van der Waals surface area contributed by atoms with Crippen LogP contribution in [0.4, 0.5) is 0 Å². The van der Waals surface area contributed by atoms with Gasteiger partial charge in [-0.05, 0) is 43.1 Å². The SMILES string of the molecule is CNCc1cccc(Oc2ccccc2SC)c1. The first-order chi connectivity index (χ1) is 8.83. The van der Waals surface area contributed by atoms with E-state index in [9.17, 15) is 0 Å². The molecule has 0 bridgehead atoms. The van der Waals surface area contributed by atoms with Crippen molar-refractivity contribution in [2.75, 3.05) is 13.3 Å². The molecule has 1 N–H and O–H groups in total. The van der Waals surface area contributed by atoms with Crippen LogP contribution in [0.25, 0.3) is 0 Å². The summed E-state index contributed by atoms with van der Waals surface area (Å²) in [5.74, 6) is 1.79. The van der Waals surface area contributed by atoms with Gasteiger partial charge in [0.2, 0.25) is 0 Å². The van der Waals surface area contributed by atoms with E-state index in [0.29, 0.717) is 0 Å². The highest BCUT2D eigenvalue weighted by atomic mass is 32.2. The Hall–Kier alpha value is -1.45. The van der Waals surface area contributed by atoms with Crippen LogP contribution < -0.4 is 10.1 Å². The minimum Gasteiger partial charge on any atom is -0.456 e. The van der Waals surface area contributed by atoms with E-state index in [0.717, 1.165) is 22.9 Å². The highest BCUT2D eigenvalue weighted by Crippen LogP contribution is 2.31. The number of nitrogens with one attached hydrogen (secondary N) is 1. The van der Waals surface area contributed by atoms with Crippen molar-refractivity contribution in [1.29, 1.82) is 0 Å². The van der Waals surface area contributed by atoms with Crippen LogP contribution in [-0.2, 0) is 6.54 Å². The molecule has 2 rings (SSSR count). The Bertz CT molecular complexity index is 513. The van der Waals surface area contributed by atoms with Crippen molar-refractivity contribution >= 4 is 11.8 Å². The van der Waals surface area contributed by atoms with Crippen LogP contribution in [0.5, 0.6) is 11.5 Å². The van der Waals surface area contributed by atoms with Crippen molar-refractivity contribution < 1.29 is 4.74 Å². The van der Waals surface area contributed by atoms with Crippen LogP contribution in [-0.4, -0.2) is 13.3 Å². The summed E-state index contributed by atoms with van der Waals surface area (Å²) in [4.78, 5) is 1.15. The number of hydrogen-bond donors (Lipinski definition) is 1. The number of rotatable bonds is 5. The summed E-state index contributed by atoms with van der Waals surface area (Å²) in [7, 11) is 1.94. The van der Waals surface area contributed by atoms with Crippen molar-refractivity contribution in [3.63, 3.8) is 0 Å². The number of thioether (sulfide) groups is 1. The molecule has 94 valence electrons. The zero-order chi connectivity index (χ0) is 12.8. The lowest BCUT2D eigenvalue weighted by molar-refractivity contribution is 0.470. The maximum Gasteiger partial charge on any atom is 0.140 e. The topological polar surface area (TPSA) is 21.3 Å². The number of benzene rings is 2. The van der Waals surface area contributed by atoms with E-state index < -0.39 is 0 Å². The third kappa shape index (κ3) is 3.28. The Morgan fingerprint density at radius 3 is 2.72 bits per heavy atom. The molecule has 3 heteroatoms. The first-order valence-corrected chi connectivity index (χ1v) is 7.10. The summed E-state index contributed by atoms with van der Waals surface area (Å²) in [6, 6.07) is 16.2. The molecule has 0 saturated carbocycles. The maximum atomic E-state index is 5.94. The van der Waals surface area contributed by atoms with Gasteiger partial charge in [0.15, 0.2) is 0 Å². The van der Waals surface area contributed by atoms with Gasteiger partial charge in [-0.25, -0.2) is 0 Å². The predicted octanol–water partition coefficient (Wildman–Crippen LogP) is 3.92. The largest absolute Gasteiger partial charge is 0.456 e. The molecule has 0 radical (unpaired) electrons. The lowest BCUT2D eigenvalue weighted by Crippen LogP contribution is -2.04. The molecule has 0 aromatic heterocycles. The van der Waals surface area contributed by atoms with E-state index >= 15 is 0 Å². The van der Waals surface area contributed by atoms with Crippen LogP contribution >= 0.6 is 11.8 Å². The molecule has 0 unspecified atom stereocenters. The van der Waals surface area contributed by atoms with Gasteiger partial charge in [0.1, 0.15) is 11.5 Å². The van der Waals surface area contributed by atoms with Crippen LogP contribution in [0, 0.1) is 0 Å². The van der Waals surface area contributed by atoms with Gasteiger partial charge < -0.3 is 10.1 Å². The Morgan fingerprint density at radius 2 is 1.94 bits per heavy atom. The summed E-state index contributed by atoms with van der Waals surface area (Å²) >= 11 is 1.69. The lowest BCUT2D eigenvalue weighted by atomic mass is 10.2. The first kappa shape index (κ1) is 13.0. The number of ether oxygens (including phenoxy) is 1. The van der Waals surface area contributed by atoms with E-state index in [2.05, 4.69) is 29.8 Å². The molecule has 0 aliphatic heterocycles. The molecule has 0 heterocycles. The normalized spacial score (nSPS) is 10.3. The minimum atomic E-state index is 0.849. The number of hydrogen-bond acceptors (Lipinski definition) is 3. The van der Waals surface area contributed by atoms with Gasteiger partial charge in [0.25, 0.3) is 0 Å². The maximum absolute atomic E-state index is 5.94. The molecule has 0 aliphatic carbocycles. The van der Waals surface area contributed by atoms with Gasteiger partial charge in [0, 0.05) is 11.4 Å². The van der Waals surface area contributed by atoms with Crippen LogP contribution in [0.1, 0.15) is 5.56 Å². The molecule has 2 aromatic carbocycles. The van der Waals surface area contributed by atoms with Crippen molar-refractivity contribution in [2.24, 2.45) is 0 Å². The van der Waals surface area contributed by atoms with Gasteiger partial charge in [-0.1, -0.05) is 24.3 Å². The minimum absolute atomic E-state index is 0.849. The lowest BCUT2D eigenvalue weighted by Gasteiger charge is -2.10. The summed E-state index contributed by atoms with van der Waals surface area (Å²) < 4.78 is 5.94. The van der Waals surface area contributed by atoms with Gasteiger partial charge in [-0.3, -0.25) is 0 Å². The molecular weight excluding hydrogens is 242 g/mol. The molecule has 0 fully saturated rings. The van der Waals surface area contributed by atoms with E-state index in [1.165, 1.54) is 5.56 Å². The fourth-order valence-corrected chi connectivity index (χ4v) is 2.28. The summed E-state index contributed by atoms with van der Waals surface area (Å²) in [5.41, 5.74) is 1.22. The average Bonchev–Trinajstić information content (AvgIpc) is 2.40. The quantitative estimate of drug-likeness (QED) is 0.822.